The average Bonchev–Trinajstić information content (AvgIpc) is 2.14. The smallest absolute Gasteiger partial charge is 0.129 e. The fourth-order valence-electron chi connectivity index (χ4n) is 1.47. The van der Waals surface area contributed by atoms with Crippen LogP contribution >= 0.6 is 15.9 Å². The molecule has 3 heteroatoms. The van der Waals surface area contributed by atoms with Gasteiger partial charge in [-0.1, -0.05) is 35.8 Å². The number of benzene rings is 1. The average molecular weight is 274 g/mol. The van der Waals surface area contributed by atoms with E-state index in [1.807, 2.05) is 6.07 Å². The topological polar surface area (TPSA) is 26.0 Å². The number of hydrogen-bond acceptors (Lipinski definition) is 1. The Labute approximate surface area is 99.0 Å². The Morgan fingerprint density at radius 1 is 1.33 bits per heavy atom. The predicted octanol–water partition coefficient (Wildman–Crippen LogP) is 4.02. The van der Waals surface area contributed by atoms with E-state index in [1.165, 1.54) is 6.07 Å². The molecule has 1 rings (SSSR count). The van der Waals surface area contributed by atoms with E-state index >= 15 is 0 Å². The summed E-state index contributed by atoms with van der Waals surface area (Å²) in [7, 11) is 0. The molecule has 0 amide bonds. The molecule has 0 spiro atoms. The van der Waals surface area contributed by atoms with E-state index < -0.39 is 0 Å². The van der Waals surface area contributed by atoms with Gasteiger partial charge in [0.05, 0.1) is 0 Å². The van der Waals surface area contributed by atoms with E-state index in [0.717, 1.165) is 17.3 Å². The first kappa shape index (κ1) is 12.7. The highest BCUT2D eigenvalue weighted by atomic mass is 79.9. The Balaban J connectivity index is 2.69. The molecule has 0 saturated heterocycles. The molecule has 0 aliphatic carbocycles. The lowest BCUT2D eigenvalue weighted by Crippen LogP contribution is -2.13. The minimum absolute atomic E-state index is 0.194. The second-order valence-corrected chi connectivity index (χ2v) is 5.16. The second-order valence-electron chi connectivity index (χ2n) is 4.24. The fraction of sp³-hybridized carbons (Fsp3) is 0.500. The van der Waals surface area contributed by atoms with Crippen LogP contribution in [0.1, 0.15) is 38.3 Å². The van der Waals surface area contributed by atoms with E-state index in [4.69, 9.17) is 5.73 Å². The van der Waals surface area contributed by atoms with Crippen molar-refractivity contribution in [2.75, 3.05) is 0 Å². The van der Waals surface area contributed by atoms with Crippen molar-refractivity contribution in [2.24, 2.45) is 11.7 Å². The number of hydrogen-bond donors (Lipinski definition) is 1. The van der Waals surface area contributed by atoms with Crippen molar-refractivity contribution in [1.82, 2.24) is 0 Å². The molecule has 0 bridgehead atoms. The van der Waals surface area contributed by atoms with Crippen LogP contribution in [0, 0.1) is 11.7 Å². The monoisotopic (exact) mass is 273 g/mol. The number of halogens is 2. The maximum Gasteiger partial charge on any atom is 0.129 e. The minimum atomic E-state index is -0.222. The Kier molecular flexibility index (Phi) is 4.74. The first-order chi connectivity index (χ1) is 7.00. The van der Waals surface area contributed by atoms with Gasteiger partial charge in [-0.25, -0.2) is 4.39 Å². The molecule has 84 valence electrons. The molecule has 0 radical (unpaired) electrons. The molecule has 0 fully saturated rings. The van der Waals surface area contributed by atoms with E-state index in [2.05, 4.69) is 29.8 Å². The Morgan fingerprint density at radius 2 is 2.00 bits per heavy atom. The zero-order valence-corrected chi connectivity index (χ0v) is 10.7. The standard InChI is InChI=1S/C12H17BrFN/c1-8(2)3-6-12(15)10-5-4-9(13)7-11(10)14/h4-5,7-8,12H,3,6,15H2,1-2H3/t12-/m1/s1. The van der Waals surface area contributed by atoms with Gasteiger partial charge in [0.25, 0.3) is 0 Å². The Hall–Kier alpha value is -0.410. The lowest BCUT2D eigenvalue weighted by Gasteiger charge is -2.14. The van der Waals surface area contributed by atoms with Gasteiger partial charge in [-0.05, 0) is 30.9 Å². The normalized spacial score (nSPS) is 13.2. The predicted molar refractivity (Wildman–Crippen MR) is 65.1 cm³/mol. The second kappa shape index (κ2) is 5.61. The van der Waals surface area contributed by atoms with E-state index in [9.17, 15) is 4.39 Å². The summed E-state index contributed by atoms with van der Waals surface area (Å²) in [5.74, 6) is 0.384. The maximum absolute atomic E-state index is 13.5. The van der Waals surface area contributed by atoms with Gasteiger partial charge >= 0.3 is 0 Å². The van der Waals surface area contributed by atoms with Crippen LogP contribution in [0.2, 0.25) is 0 Å². The molecule has 0 unspecified atom stereocenters. The summed E-state index contributed by atoms with van der Waals surface area (Å²) in [5, 5.41) is 0. The van der Waals surface area contributed by atoms with Crippen LogP contribution in [0.5, 0.6) is 0 Å². The van der Waals surface area contributed by atoms with Gasteiger partial charge < -0.3 is 5.73 Å². The van der Waals surface area contributed by atoms with Crippen LogP contribution in [-0.4, -0.2) is 0 Å². The van der Waals surface area contributed by atoms with Crippen molar-refractivity contribution in [1.29, 1.82) is 0 Å². The van der Waals surface area contributed by atoms with Crippen LogP contribution in [0.25, 0.3) is 0 Å². The van der Waals surface area contributed by atoms with Crippen LogP contribution in [0.4, 0.5) is 4.39 Å². The number of rotatable bonds is 4. The third kappa shape index (κ3) is 3.92. The van der Waals surface area contributed by atoms with Crippen molar-refractivity contribution in [2.45, 2.75) is 32.7 Å². The van der Waals surface area contributed by atoms with Gasteiger partial charge in [0.2, 0.25) is 0 Å². The third-order valence-corrected chi connectivity index (χ3v) is 2.91. The first-order valence-electron chi connectivity index (χ1n) is 5.21. The summed E-state index contributed by atoms with van der Waals surface area (Å²) in [6, 6.07) is 4.85. The van der Waals surface area contributed by atoms with Crippen molar-refractivity contribution in [3.63, 3.8) is 0 Å². The van der Waals surface area contributed by atoms with Gasteiger partial charge in [-0.2, -0.15) is 0 Å². The van der Waals surface area contributed by atoms with Crippen LogP contribution < -0.4 is 5.73 Å². The fourth-order valence-corrected chi connectivity index (χ4v) is 1.80. The highest BCUT2D eigenvalue weighted by Gasteiger charge is 2.11. The Morgan fingerprint density at radius 3 is 2.53 bits per heavy atom. The molecule has 0 heterocycles. The third-order valence-electron chi connectivity index (χ3n) is 2.42. The van der Waals surface area contributed by atoms with Crippen molar-refractivity contribution < 1.29 is 4.39 Å². The molecule has 1 aromatic carbocycles. The highest BCUT2D eigenvalue weighted by Crippen LogP contribution is 2.23. The van der Waals surface area contributed by atoms with E-state index in [1.54, 1.807) is 6.07 Å². The van der Waals surface area contributed by atoms with E-state index in [-0.39, 0.29) is 11.9 Å². The van der Waals surface area contributed by atoms with Gasteiger partial charge in [0, 0.05) is 16.1 Å². The molecule has 0 aromatic heterocycles. The van der Waals surface area contributed by atoms with Crippen molar-refractivity contribution >= 4 is 15.9 Å². The SMILES string of the molecule is CC(C)CC[C@@H](N)c1ccc(Br)cc1F. The van der Waals surface area contributed by atoms with Gasteiger partial charge in [-0.3, -0.25) is 0 Å². The summed E-state index contributed by atoms with van der Waals surface area (Å²) >= 11 is 3.23. The summed E-state index contributed by atoms with van der Waals surface area (Å²) < 4.78 is 14.3. The summed E-state index contributed by atoms with van der Waals surface area (Å²) in [5.41, 5.74) is 6.55. The molecular formula is C12H17BrFN. The molecule has 2 N–H and O–H groups in total. The zero-order valence-electron chi connectivity index (χ0n) is 9.13. The summed E-state index contributed by atoms with van der Waals surface area (Å²) in [6.45, 7) is 4.29. The molecule has 1 nitrogen and oxygen atoms in total. The maximum atomic E-state index is 13.5. The van der Waals surface area contributed by atoms with Crippen molar-refractivity contribution in [3.05, 3.63) is 34.1 Å². The molecule has 15 heavy (non-hydrogen) atoms. The summed E-state index contributed by atoms with van der Waals surface area (Å²) in [6.07, 6.45) is 1.85. The highest BCUT2D eigenvalue weighted by molar-refractivity contribution is 9.10. The zero-order chi connectivity index (χ0) is 11.4. The van der Waals surface area contributed by atoms with Crippen LogP contribution in [0.15, 0.2) is 22.7 Å². The van der Waals surface area contributed by atoms with Gasteiger partial charge in [0.15, 0.2) is 0 Å². The number of nitrogens with two attached hydrogens (primary N) is 1. The molecule has 0 saturated carbocycles. The summed E-state index contributed by atoms with van der Waals surface area (Å²) in [4.78, 5) is 0. The molecule has 1 aromatic rings. The van der Waals surface area contributed by atoms with E-state index in [0.29, 0.717) is 11.5 Å². The molecular weight excluding hydrogens is 257 g/mol. The van der Waals surface area contributed by atoms with Crippen molar-refractivity contribution in [3.8, 4) is 0 Å². The lowest BCUT2D eigenvalue weighted by molar-refractivity contribution is 0.491. The van der Waals surface area contributed by atoms with Crippen LogP contribution in [-0.2, 0) is 0 Å². The largest absolute Gasteiger partial charge is 0.324 e. The Bertz CT molecular complexity index is 325. The quantitative estimate of drug-likeness (QED) is 0.881. The first-order valence-corrected chi connectivity index (χ1v) is 6.00. The van der Waals surface area contributed by atoms with Gasteiger partial charge in [0.1, 0.15) is 5.82 Å². The van der Waals surface area contributed by atoms with Crippen LogP contribution in [0.3, 0.4) is 0 Å². The molecule has 0 aliphatic heterocycles. The lowest BCUT2D eigenvalue weighted by atomic mass is 9.98. The minimum Gasteiger partial charge on any atom is -0.324 e. The molecule has 1 atom stereocenters. The van der Waals surface area contributed by atoms with Gasteiger partial charge in [-0.15, -0.1) is 0 Å². The molecule has 0 aliphatic rings.